The zero-order chi connectivity index (χ0) is 17.9. The number of benzene rings is 1. The Morgan fingerprint density at radius 1 is 1.19 bits per heavy atom. The van der Waals surface area contributed by atoms with Gasteiger partial charge in [0.2, 0.25) is 0 Å². The molecule has 1 saturated heterocycles. The summed E-state index contributed by atoms with van der Waals surface area (Å²) in [5.74, 6) is -0.953. The summed E-state index contributed by atoms with van der Waals surface area (Å²) in [6.45, 7) is 1.50. The Balaban J connectivity index is 1.67. The lowest BCUT2D eigenvalue weighted by Gasteiger charge is -2.23. The van der Waals surface area contributed by atoms with Crippen LogP contribution >= 0.6 is 0 Å². The largest absolute Gasteiger partial charge is 0.478 e. The Morgan fingerprint density at radius 2 is 2.00 bits per heavy atom. The summed E-state index contributed by atoms with van der Waals surface area (Å²) in [5, 5.41) is 14.6. The minimum Gasteiger partial charge on any atom is -0.478 e. The zero-order valence-electron chi connectivity index (χ0n) is 14.2. The number of carboxylic acids is 1. The van der Waals surface area contributed by atoms with Crippen molar-refractivity contribution in [3.8, 4) is 0 Å². The molecule has 1 aliphatic heterocycles. The highest BCUT2D eigenvalue weighted by Gasteiger charge is 2.17. The maximum absolute atomic E-state index is 11.6. The molecule has 3 aromatic rings. The first-order valence-electron chi connectivity index (χ1n) is 8.65. The van der Waals surface area contributed by atoms with Gasteiger partial charge >= 0.3 is 5.97 Å². The molecule has 0 unspecified atom stereocenters. The normalized spacial score (nSPS) is 15.7. The molecule has 0 aliphatic carbocycles. The standard InChI is InChI=1S/C20H19N3O3/c24-20(25)18-13-14(22-19-4-2-1-3-17(18)19)5-6-15-7-10-21-23(15)16-8-11-26-12-9-16/h1-7,10,13,16H,8-9,11-12H2,(H,24,25)/b6-5+. The van der Waals surface area contributed by atoms with E-state index >= 15 is 0 Å². The van der Waals surface area contributed by atoms with Gasteiger partial charge in [0.25, 0.3) is 0 Å². The number of hydrogen-bond acceptors (Lipinski definition) is 4. The SMILES string of the molecule is O=C(O)c1cc(/C=C/c2ccnn2C2CCOCC2)nc2ccccc12. The van der Waals surface area contributed by atoms with Crippen molar-refractivity contribution in [2.75, 3.05) is 13.2 Å². The van der Waals surface area contributed by atoms with Gasteiger partial charge in [-0.2, -0.15) is 5.10 Å². The Kier molecular flexibility index (Phi) is 4.50. The third-order valence-electron chi connectivity index (χ3n) is 4.63. The van der Waals surface area contributed by atoms with Crippen LogP contribution in [0, 0.1) is 0 Å². The molecule has 0 radical (unpaired) electrons. The fraction of sp³-hybridized carbons (Fsp3) is 0.250. The average molecular weight is 349 g/mol. The summed E-state index contributed by atoms with van der Waals surface area (Å²) in [4.78, 5) is 16.1. The first-order chi connectivity index (χ1) is 12.7. The topological polar surface area (TPSA) is 77.2 Å². The lowest BCUT2D eigenvalue weighted by molar-refractivity contribution is 0.0660. The second-order valence-electron chi connectivity index (χ2n) is 6.29. The molecule has 1 aromatic carbocycles. The van der Waals surface area contributed by atoms with Gasteiger partial charge in [-0.25, -0.2) is 9.78 Å². The number of aromatic carboxylic acids is 1. The van der Waals surface area contributed by atoms with E-state index in [1.165, 1.54) is 0 Å². The maximum Gasteiger partial charge on any atom is 0.336 e. The smallest absolute Gasteiger partial charge is 0.336 e. The van der Waals surface area contributed by atoms with Gasteiger partial charge in [0.15, 0.2) is 0 Å². The molecule has 26 heavy (non-hydrogen) atoms. The fourth-order valence-electron chi connectivity index (χ4n) is 3.32. The Labute approximate surface area is 150 Å². The van der Waals surface area contributed by atoms with Crippen molar-refractivity contribution in [1.82, 2.24) is 14.8 Å². The van der Waals surface area contributed by atoms with E-state index < -0.39 is 5.97 Å². The molecule has 3 heterocycles. The summed E-state index contributed by atoms with van der Waals surface area (Å²) in [7, 11) is 0. The van der Waals surface area contributed by atoms with Crippen molar-refractivity contribution < 1.29 is 14.6 Å². The maximum atomic E-state index is 11.6. The highest BCUT2D eigenvalue weighted by molar-refractivity contribution is 6.03. The Morgan fingerprint density at radius 3 is 2.81 bits per heavy atom. The van der Waals surface area contributed by atoms with E-state index in [9.17, 15) is 9.90 Å². The molecule has 6 nitrogen and oxygen atoms in total. The Hall–Kier alpha value is -2.99. The van der Waals surface area contributed by atoms with Gasteiger partial charge in [-0.3, -0.25) is 4.68 Å². The van der Waals surface area contributed by atoms with E-state index in [2.05, 4.69) is 10.1 Å². The van der Waals surface area contributed by atoms with Crippen LogP contribution in [0.4, 0.5) is 0 Å². The molecule has 4 rings (SSSR count). The van der Waals surface area contributed by atoms with Crippen molar-refractivity contribution in [2.24, 2.45) is 0 Å². The average Bonchev–Trinajstić information content (AvgIpc) is 3.15. The number of nitrogens with zero attached hydrogens (tertiary/aromatic N) is 3. The van der Waals surface area contributed by atoms with Crippen LogP contribution in [-0.2, 0) is 4.74 Å². The van der Waals surface area contributed by atoms with Gasteiger partial charge in [-0.1, -0.05) is 18.2 Å². The molecule has 0 atom stereocenters. The summed E-state index contributed by atoms with van der Waals surface area (Å²) < 4.78 is 7.43. The van der Waals surface area contributed by atoms with E-state index in [1.807, 2.05) is 41.1 Å². The number of ether oxygens (including phenoxy) is 1. The quantitative estimate of drug-likeness (QED) is 0.778. The first kappa shape index (κ1) is 16.5. The van der Waals surface area contributed by atoms with Crippen molar-refractivity contribution in [2.45, 2.75) is 18.9 Å². The van der Waals surface area contributed by atoms with E-state index in [0.29, 0.717) is 22.6 Å². The number of rotatable bonds is 4. The molecule has 6 heteroatoms. The van der Waals surface area contributed by atoms with Crippen LogP contribution < -0.4 is 0 Å². The molecule has 0 spiro atoms. The minimum absolute atomic E-state index is 0.258. The first-order valence-corrected chi connectivity index (χ1v) is 8.65. The number of hydrogen-bond donors (Lipinski definition) is 1. The van der Waals surface area contributed by atoms with Crippen molar-refractivity contribution in [1.29, 1.82) is 0 Å². The van der Waals surface area contributed by atoms with Crippen LogP contribution in [0.15, 0.2) is 42.6 Å². The van der Waals surface area contributed by atoms with Crippen LogP contribution in [-0.4, -0.2) is 39.1 Å². The number of carboxylic acid groups (broad SMARTS) is 1. The molecule has 1 N–H and O–H groups in total. The van der Waals surface area contributed by atoms with E-state index in [-0.39, 0.29) is 5.56 Å². The molecular formula is C20H19N3O3. The molecule has 1 fully saturated rings. The second-order valence-corrected chi connectivity index (χ2v) is 6.29. The molecule has 0 bridgehead atoms. The summed E-state index contributed by atoms with van der Waals surface area (Å²) in [5.41, 5.74) is 2.52. The predicted molar refractivity (Wildman–Crippen MR) is 98.9 cm³/mol. The molecule has 0 amide bonds. The highest BCUT2D eigenvalue weighted by atomic mass is 16.5. The van der Waals surface area contributed by atoms with Crippen molar-refractivity contribution >= 4 is 29.0 Å². The van der Waals surface area contributed by atoms with Gasteiger partial charge in [-0.15, -0.1) is 0 Å². The summed E-state index contributed by atoms with van der Waals surface area (Å²) in [6, 6.07) is 11.2. The lowest BCUT2D eigenvalue weighted by Crippen LogP contribution is -2.21. The highest BCUT2D eigenvalue weighted by Crippen LogP contribution is 2.23. The van der Waals surface area contributed by atoms with Gasteiger partial charge < -0.3 is 9.84 Å². The van der Waals surface area contributed by atoms with E-state index in [1.54, 1.807) is 18.3 Å². The fourth-order valence-corrected chi connectivity index (χ4v) is 3.32. The molecular weight excluding hydrogens is 330 g/mol. The number of aromatic nitrogens is 3. The second kappa shape index (κ2) is 7.09. The minimum atomic E-state index is -0.953. The molecule has 2 aromatic heterocycles. The number of para-hydroxylation sites is 1. The van der Waals surface area contributed by atoms with Gasteiger partial charge in [0.1, 0.15) is 0 Å². The predicted octanol–water partition coefficient (Wildman–Crippen LogP) is 3.65. The Bertz CT molecular complexity index is 971. The van der Waals surface area contributed by atoms with Gasteiger partial charge in [0.05, 0.1) is 28.5 Å². The van der Waals surface area contributed by atoms with E-state index in [0.717, 1.165) is 31.7 Å². The van der Waals surface area contributed by atoms with Crippen LogP contribution in [0.2, 0.25) is 0 Å². The molecule has 1 aliphatic rings. The summed E-state index contributed by atoms with van der Waals surface area (Å²) in [6.07, 6.45) is 7.45. The zero-order valence-corrected chi connectivity index (χ0v) is 14.2. The van der Waals surface area contributed by atoms with Gasteiger partial charge in [-0.05, 0) is 43.2 Å². The molecule has 132 valence electrons. The summed E-state index contributed by atoms with van der Waals surface area (Å²) >= 11 is 0. The van der Waals surface area contributed by atoms with Crippen LogP contribution in [0.3, 0.4) is 0 Å². The number of carbonyl (C=O) groups is 1. The monoisotopic (exact) mass is 349 g/mol. The van der Waals surface area contributed by atoms with Crippen molar-refractivity contribution in [3.63, 3.8) is 0 Å². The number of pyridine rings is 1. The lowest BCUT2D eigenvalue weighted by atomic mass is 10.1. The van der Waals surface area contributed by atoms with Crippen LogP contribution in [0.25, 0.3) is 23.1 Å². The van der Waals surface area contributed by atoms with Crippen LogP contribution in [0.1, 0.15) is 40.6 Å². The van der Waals surface area contributed by atoms with Gasteiger partial charge in [0, 0.05) is 24.8 Å². The third-order valence-corrected chi connectivity index (χ3v) is 4.63. The third kappa shape index (κ3) is 3.23. The van der Waals surface area contributed by atoms with E-state index in [4.69, 9.17) is 4.74 Å². The van der Waals surface area contributed by atoms with Crippen molar-refractivity contribution in [3.05, 3.63) is 59.5 Å². The molecule has 0 saturated carbocycles. The van der Waals surface area contributed by atoms with Crippen LogP contribution in [0.5, 0.6) is 0 Å². The number of fused-ring (bicyclic) bond motifs is 1.